The first kappa shape index (κ1) is 18.9. The third-order valence-corrected chi connectivity index (χ3v) is 3.49. The van der Waals surface area contributed by atoms with E-state index in [0.29, 0.717) is 34.4 Å². The average Bonchev–Trinajstić information content (AvgIpc) is 2.67. The monoisotopic (exact) mass is 360 g/mol. The summed E-state index contributed by atoms with van der Waals surface area (Å²) in [5.74, 6) is 0.246. The van der Waals surface area contributed by atoms with E-state index in [1.807, 2.05) is 0 Å². The van der Waals surface area contributed by atoms with Gasteiger partial charge in [-0.05, 0) is 24.3 Å². The fourth-order valence-electron chi connectivity index (χ4n) is 2.20. The zero-order valence-electron chi connectivity index (χ0n) is 14.9. The molecule has 2 aromatic carbocycles. The SMILES string of the molecule is COc1ccc(NC(=O)C(=O)Nc2ccc(OC)c(OC)c2)cc1OC. The van der Waals surface area contributed by atoms with Gasteiger partial charge in [0, 0.05) is 23.5 Å². The molecule has 2 N–H and O–H groups in total. The number of methoxy groups -OCH3 is 4. The first-order valence-electron chi connectivity index (χ1n) is 7.58. The lowest BCUT2D eigenvalue weighted by molar-refractivity contribution is -0.133. The number of nitrogens with one attached hydrogen (secondary N) is 2. The fraction of sp³-hybridized carbons (Fsp3) is 0.222. The van der Waals surface area contributed by atoms with Gasteiger partial charge in [-0.3, -0.25) is 9.59 Å². The Kier molecular flexibility index (Phi) is 6.26. The molecule has 8 heteroatoms. The number of carbonyl (C=O) groups is 2. The molecule has 8 nitrogen and oxygen atoms in total. The van der Waals surface area contributed by atoms with Crippen molar-refractivity contribution in [2.75, 3.05) is 39.1 Å². The van der Waals surface area contributed by atoms with Crippen LogP contribution >= 0.6 is 0 Å². The highest BCUT2D eigenvalue weighted by Gasteiger charge is 2.16. The molecule has 0 saturated carbocycles. The summed E-state index contributed by atoms with van der Waals surface area (Å²) >= 11 is 0. The van der Waals surface area contributed by atoms with Crippen LogP contribution in [0.4, 0.5) is 11.4 Å². The molecule has 0 aliphatic carbocycles. The molecule has 0 saturated heterocycles. The van der Waals surface area contributed by atoms with Crippen molar-refractivity contribution in [2.45, 2.75) is 0 Å². The second-order valence-electron chi connectivity index (χ2n) is 5.05. The van der Waals surface area contributed by atoms with E-state index in [9.17, 15) is 9.59 Å². The van der Waals surface area contributed by atoms with Gasteiger partial charge in [0.05, 0.1) is 28.4 Å². The molecule has 26 heavy (non-hydrogen) atoms. The Balaban J connectivity index is 2.07. The Morgan fingerprint density at radius 1 is 0.615 bits per heavy atom. The zero-order valence-corrected chi connectivity index (χ0v) is 14.9. The molecule has 0 atom stereocenters. The summed E-state index contributed by atoms with van der Waals surface area (Å²) in [5, 5.41) is 4.99. The van der Waals surface area contributed by atoms with Gasteiger partial charge >= 0.3 is 11.8 Å². The van der Waals surface area contributed by atoms with E-state index >= 15 is 0 Å². The van der Waals surface area contributed by atoms with E-state index in [-0.39, 0.29) is 0 Å². The molecule has 138 valence electrons. The molecule has 0 bridgehead atoms. The van der Waals surface area contributed by atoms with Crippen molar-refractivity contribution in [2.24, 2.45) is 0 Å². The first-order valence-corrected chi connectivity index (χ1v) is 7.58. The van der Waals surface area contributed by atoms with Gasteiger partial charge in [-0.15, -0.1) is 0 Å². The van der Waals surface area contributed by atoms with Crippen molar-refractivity contribution in [3.8, 4) is 23.0 Å². The second-order valence-corrected chi connectivity index (χ2v) is 5.05. The largest absolute Gasteiger partial charge is 0.493 e. The van der Waals surface area contributed by atoms with Gasteiger partial charge in [0.2, 0.25) is 0 Å². The number of carbonyl (C=O) groups excluding carboxylic acids is 2. The van der Waals surface area contributed by atoms with Crippen LogP contribution in [0.5, 0.6) is 23.0 Å². The molecule has 2 amide bonds. The lowest BCUT2D eigenvalue weighted by Gasteiger charge is -2.12. The maximum Gasteiger partial charge on any atom is 0.314 e. The van der Waals surface area contributed by atoms with Crippen LogP contribution in [0, 0.1) is 0 Å². The number of ether oxygens (including phenoxy) is 4. The first-order chi connectivity index (χ1) is 12.5. The van der Waals surface area contributed by atoms with Crippen LogP contribution in [0.25, 0.3) is 0 Å². The Labute approximate surface area is 151 Å². The van der Waals surface area contributed by atoms with Gasteiger partial charge in [-0.2, -0.15) is 0 Å². The zero-order chi connectivity index (χ0) is 19.1. The van der Waals surface area contributed by atoms with Crippen LogP contribution < -0.4 is 29.6 Å². The van der Waals surface area contributed by atoms with Gasteiger partial charge in [-0.1, -0.05) is 0 Å². The maximum absolute atomic E-state index is 12.1. The smallest absolute Gasteiger partial charge is 0.314 e. The number of hydrogen-bond donors (Lipinski definition) is 2. The summed E-state index contributed by atoms with van der Waals surface area (Å²) in [7, 11) is 5.97. The highest BCUT2D eigenvalue weighted by molar-refractivity contribution is 6.43. The Morgan fingerprint density at radius 3 is 1.27 bits per heavy atom. The number of amides is 2. The Hall–Kier alpha value is -3.42. The van der Waals surface area contributed by atoms with Crippen molar-refractivity contribution in [3.05, 3.63) is 36.4 Å². The number of hydrogen-bond acceptors (Lipinski definition) is 6. The van der Waals surface area contributed by atoms with E-state index in [1.54, 1.807) is 36.4 Å². The van der Waals surface area contributed by atoms with E-state index < -0.39 is 11.8 Å². The van der Waals surface area contributed by atoms with Crippen molar-refractivity contribution >= 4 is 23.2 Å². The average molecular weight is 360 g/mol. The predicted octanol–water partition coefficient (Wildman–Crippen LogP) is 2.30. The third-order valence-electron chi connectivity index (χ3n) is 3.49. The van der Waals surface area contributed by atoms with Crippen molar-refractivity contribution in [1.82, 2.24) is 0 Å². The second kappa shape index (κ2) is 8.61. The molecule has 2 aromatic rings. The van der Waals surface area contributed by atoms with E-state index in [0.717, 1.165) is 0 Å². The van der Waals surface area contributed by atoms with Gasteiger partial charge in [0.1, 0.15) is 0 Å². The maximum atomic E-state index is 12.1. The van der Waals surface area contributed by atoms with Crippen molar-refractivity contribution in [1.29, 1.82) is 0 Å². The van der Waals surface area contributed by atoms with Crippen LogP contribution in [-0.4, -0.2) is 40.3 Å². The van der Waals surface area contributed by atoms with Crippen molar-refractivity contribution < 1.29 is 28.5 Å². The summed E-state index contributed by atoms with van der Waals surface area (Å²) in [4.78, 5) is 24.2. The van der Waals surface area contributed by atoms with Gasteiger partial charge < -0.3 is 29.6 Å². The molecule has 0 aliphatic heterocycles. The molecule has 0 aromatic heterocycles. The van der Waals surface area contributed by atoms with Crippen LogP contribution in [0.1, 0.15) is 0 Å². The lowest BCUT2D eigenvalue weighted by atomic mass is 10.2. The highest BCUT2D eigenvalue weighted by atomic mass is 16.5. The van der Waals surface area contributed by atoms with Gasteiger partial charge in [0.25, 0.3) is 0 Å². The summed E-state index contributed by atoms with van der Waals surface area (Å²) in [6.07, 6.45) is 0. The molecule has 2 rings (SSSR count). The lowest BCUT2D eigenvalue weighted by Crippen LogP contribution is -2.29. The van der Waals surface area contributed by atoms with Crippen LogP contribution in [0.3, 0.4) is 0 Å². The van der Waals surface area contributed by atoms with E-state index in [2.05, 4.69) is 10.6 Å². The third kappa shape index (κ3) is 4.35. The van der Waals surface area contributed by atoms with Crippen molar-refractivity contribution in [3.63, 3.8) is 0 Å². The summed E-state index contributed by atoms with van der Waals surface area (Å²) in [6, 6.07) is 9.56. The van der Waals surface area contributed by atoms with Gasteiger partial charge in [0.15, 0.2) is 23.0 Å². The molecule has 0 heterocycles. The highest BCUT2D eigenvalue weighted by Crippen LogP contribution is 2.30. The van der Waals surface area contributed by atoms with E-state index in [1.165, 1.54) is 28.4 Å². The van der Waals surface area contributed by atoms with E-state index in [4.69, 9.17) is 18.9 Å². The predicted molar refractivity (Wildman–Crippen MR) is 96.4 cm³/mol. The fourth-order valence-corrected chi connectivity index (χ4v) is 2.20. The molecular weight excluding hydrogens is 340 g/mol. The standard InChI is InChI=1S/C18H20N2O6/c1-23-13-7-5-11(9-15(13)25-3)19-17(21)18(22)20-12-6-8-14(24-2)16(10-12)26-4/h5-10H,1-4H3,(H,19,21)(H,20,22). The van der Waals surface area contributed by atoms with Crippen LogP contribution in [-0.2, 0) is 9.59 Å². The van der Waals surface area contributed by atoms with Crippen LogP contribution in [0.2, 0.25) is 0 Å². The number of benzene rings is 2. The Bertz CT molecular complexity index is 739. The molecule has 0 unspecified atom stereocenters. The minimum atomic E-state index is -0.827. The topological polar surface area (TPSA) is 95.1 Å². The Morgan fingerprint density at radius 2 is 0.962 bits per heavy atom. The molecule has 0 aliphatic rings. The van der Waals surface area contributed by atoms with Crippen LogP contribution in [0.15, 0.2) is 36.4 Å². The molecule has 0 radical (unpaired) electrons. The molecule has 0 spiro atoms. The summed E-state index contributed by atoms with van der Waals surface area (Å²) in [5.41, 5.74) is 0.797. The summed E-state index contributed by atoms with van der Waals surface area (Å²) < 4.78 is 20.6. The normalized spacial score (nSPS) is 9.85. The number of anilines is 2. The summed E-state index contributed by atoms with van der Waals surface area (Å²) in [6.45, 7) is 0. The quantitative estimate of drug-likeness (QED) is 0.768. The minimum Gasteiger partial charge on any atom is -0.493 e. The molecular formula is C18H20N2O6. The van der Waals surface area contributed by atoms with Gasteiger partial charge in [-0.25, -0.2) is 0 Å². The number of rotatable bonds is 6. The minimum absolute atomic E-state index is 0.398. The molecule has 0 fully saturated rings.